The molecule has 0 bridgehead atoms. The molecule has 0 saturated heterocycles. The quantitative estimate of drug-likeness (QED) is 0.213. The fourth-order valence-electron chi connectivity index (χ4n) is 0.401. The Bertz CT molecular complexity index is 135. The van der Waals surface area contributed by atoms with Crippen LogP contribution in [-0.4, -0.2) is 19.0 Å². The summed E-state index contributed by atoms with van der Waals surface area (Å²) in [5, 5.41) is 2.77. The third-order valence-electron chi connectivity index (χ3n) is 0.758. The first-order valence-corrected chi connectivity index (χ1v) is 2.86. The number of rotatable bonds is 4. The topological polar surface area (TPSA) is 102 Å². The standard InChI is InChI=1S/C5H13N5/c1-4(6)9-2-3-10-5(7)8/h9H,1-3,6H2,(H4,7,8,10). The maximum atomic E-state index is 5.19. The predicted octanol–water partition coefficient (Wildman–Crippen LogP) is -1.72. The Morgan fingerprint density at radius 3 is 2.40 bits per heavy atom. The van der Waals surface area contributed by atoms with Gasteiger partial charge in [0, 0.05) is 6.54 Å². The molecule has 0 heterocycles. The van der Waals surface area contributed by atoms with Gasteiger partial charge in [-0.25, -0.2) is 0 Å². The van der Waals surface area contributed by atoms with Crippen molar-refractivity contribution in [2.24, 2.45) is 22.2 Å². The van der Waals surface area contributed by atoms with Crippen LogP contribution in [0, 0.1) is 0 Å². The van der Waals surface area contributed by atoms with E-state index in [1.807, 2.05) is 0 Å². The van der Waals surface area contributed by atoms with Crippen LogP contribution in [0.4, 0.5) is 0 Å². The highest BCUT2D eigenvalue weighted by molar-refractivity contribution is 5.75. The van der Waals surface area contributed by atoms with E-state index in [0.717, 1.165) is 0 Å². The van der Waals surface area contributed by atoms with Crippen LogP contribution in [0.1, 0.15) is 0 Å². The normalized spacial score (nSPS) is 8.40. The summed E-state index contributed by atoms with van der Waals surface area (Å²) >= 11 is 0. The van der Waals surface area contributed by atoms with Gasteiger partial charge in [0.15, 0.2) is 5.96 Å². The largest absolute Gasteiger partial charge is 0.386 e. The van der Waals surface area contributed by atoms with Gasteiger partial charge in [0.2, 0.25) is 0 Å². The molecular weight excluding hydrogens is 130 g/mol. The second kappa shape index (κ2) is 4.49. The number of hydrogen-bond donors (Lipinski definition) is 4. The minimum absolute atomic E-state index is 0.0874. The average Bonchev–Trinajstić information content (AvgIpc) is 1.79. The van der Waals surface area contributed by atoms with Crippen LogP contribution >= 0.6 is 0 Å². The van der Waals surface area contributed by atoms with Crippen molar-refractivity contribution in [1.82, 2.24) is 5.32 Å². The van der Waals surface area contributed by atoms with E-state index in [1.165, 1.54) is 0 Å². The van der Waals surface area contributed by atoms with Crippen LogP contribution in [0.3, 0.4) is 0 Å². The number of nitrogens with two attached hydrogens (primary N) is 3. The van der Waals surface area contributed by atoms with Gasteiger partial charge in [-0.3, -0.25) is 4.99 Å². The van der Waals surface area contributed by atoms with Gasteiger partial charge in [-0.2, -0.15) is 0 Å². The van der Waals surface area contributed by atoms with Crippen molar-refractivity contribution in [3.05, 3.63) is 12.4 Å². The number of hydrogen-bond acceptors (Lipinski definition) is 3. The molecule has 0 aromatic heterocycles. The van der Waals surface area contributed by atoms with Crippen molar-refractivity contribution in [1.29, 1.82) is 0 Å². The second-order valence-corrected chi connectivity index (χ2v) is 1.76. The van der Waals surface area contributed by atoms with Gasteiger partial charge < -0.3 is 22.5 Å². The summed E-state index contributed by atoms with van der Waals surface area (Å²) in [6, 6.07) is 0. The molecule has 0 aromatic rings. The predicted molar refractivity (Wildman–Crippen MR) is 42.0 cm³/mol. The Hall–Kier alpha value is -1.39. The van der Waals surface area contributed by atoms with E-state index in [2.05, 4.69) is 16.9 Å². The molecule has 0 radical (unpaired) electrons. The van der Waals surface area contributed by atoms with Gasteiger partial charge in [-0.15, -0.1) is 0 Å². The molecule has 0 aliphatic rings. The Kier molecular flexibility index (Phi) is 3.86. The van der Waals surface area contributed by atoms with Crippen molar-refractivity contribution in [2.45, 2.75) is 0 Å². The molecule has 0 amide bonds. The Morgan fingerprint density at radius 2 is 2.00 bits per heavy atom. The first kappa shape index (κ1) is 8.61. The summed E-state index contributed by atoms with van der Waals surface area (Å²) < 4.78 is 0. The molecule has 58 valence electrons. The first-order valence-electron chi connectivity index (χ1n) is 2.86. The molecule has 0 fully saturated rings. The number of aliphatic imine (C=N–C) groups is 1. The van der Waals surface area contributed by atoms with Crippen molar-refractivity contribution >= 4 is 5.96 Å². The van der Waals surface area contributed by atoms with E-state index in [4.69, 9.17) is 17.2 Å². The molecule has 5 nitrogen and oxygen atoms in total. The molecule has 0 aliphatic heterocycles. The van der Waals surface area contributed by atoms with Crippen LogP contribution in [0.2, 0.25) is 0 Å². The van der Waals surface area contributed by atoms with Gasteiger partial charge in [0.05, 0.1) is 12.4 Å². The van der Waals surface area contributed by atoms with E-state index in [0.29, 0.717) is 18.9 Å². The van der Waals surface area contributed by atoms with Crippen molar-refractivity contribution < 1.29 is 0 Å². The first-order chi connectivity index (χ1) is 4.63. The maximum Gasteiger partial charge on any atom is 0.185 e. The van der Waals surface area contributed by atoms with Crippen molar-refractivity contribution in [2.75, 3.05) is 13.1 Å². The van der Waals surface area contributed by atoms with Crippen LogP contribution in [0.15, 0.2) is 17.4 Å². The minimum Gasteiger partial charge on any atom is -0.386 e. The van der Waals surface area contributed by atoms with Crippen LogP contribution in [0.5, 0.6) is 0 Å². The van der Waals surface area contributed by atoms with Gasteiger partial charge in [-0.1, -0.05) is 6.58 Å². The lowest BCUT2D eigenvalue weighted by molar-refractivity contribution is 0.790. The summed E-state index contributed by atoms with van der Waals surface area (Å²) in [7, 11) is 0. The fraction of sp³-hybridized carbons (Fsp3) is 0.400. The summed E-state index contributed by atoms with van der Waals surface area (Å²) in [6.07, 6.45) is 0. The summed E-state index contributed by atoms with van der Waals surface area (Å²) in [4.78, 5) is 3.71. The lowest BCUT2D eigenvalue weighted by Gasteiger charge is -2.00. The molecule has 0 aliphatic carbocycles. The van der Waals surface area contributed by atoms with Crippen molar-refractivity contribution in [3.8, 4) is 0 Å². The molecule has 0 rings (SSSR count). The minimum atomic E-state index is 0.0874. The van der Waals surface area contributed by atoms with Gasteiger partial charge >= 0.3 is 0 Å². The molecule has 0 atom stereocenters. The van der Waals surface area contributed by atoms with Gasteiger partial charge in [-0.05, 0) is 0 Å². The number of guanidine groups is 1. The van der Waals surface area contributed by atoms with Gasteiger partial charge in [0.25, 0.3) is 0 Å². The lowest BCUT2D eigenvalue weighted by atomic mass is 10.6. The number of nitrogens with one attached hydrogen (secondary N) is 1. The molecule has 10 heavy (non-hydrogen) atoms. The van der Waals surface area contributed by atoms with Gasteiger partial charge in [0.1, 0.15) is 0 Å². The third kappa shape index (κ3) is 6.61. The lowest BCUT2D eigenvalue weighted by Crippen LogP contribution is -2.26. The monoisotopic (exact) mass is 143 g/mol. The highest BCUT2D eigenvalue weighted by Crippen LogP contribution is 1.69. The molecule has 0 spiro atoms. The molecule has 7 N–H and O–H groups in total. The molecule has 0 aromatic carbocycles. The van der Waals surface area contributed by atoms with Crippen LogP contribution < -0.4 is 22.5 Å². The molecule has 5 heteroatoms. The molecular formula is C5H13N5. The van der Waals surface area contributed by atoms with E-state index in [1.54, 1.807) is 0 Å². The highest BCUT2D eigenvalue weighted by atomic mass is 15.0. The maximum absolute atomic E-state index is 5.19. The van der Waals surface area contributed by atoms with E-state index < -0.39 is 0 Å². The third-order valence-corrected chi connectivity index (χ3v) is 0.758. The smallest absolute Gasteiger partial charge is 0.185 e. The zero-order valence-corrected chi connectivity index (χ0v) is 5.80. The fourth-order valence-corrected chi connectivity index (χ4v) is 0.401. The van der Waals surface area contributed by atoms with E-state index in [-0.39, 0.29) is 5.96 Å². The Morgan fingerprint density at radius 1 is 1.40 bits per heavy atom. The van der Waals surface area contributed by atoms with Crippen LogP contribution in [0.25, 0.3) is 0 Å². The average molecular weight is 143 g/mol. The zero-order valence-electron chi connectivity index (χ0n) is 5.80. The Balaban J connectivity index is 3.21. The van der Waals surface area contributed by atoms with Crippen molar-refractivity contribution in [3.63, 3.8) is 0 Å². The van der Waals surface area contributed by atoms with E-state index in [9.17, 15) is 0 Å². The highest BCUT2D eigenvalue weighted by Gasteiger charge is 1.83. The Labute approximate surface area is 60.0 Å². The van der Waals surface area contributed by atoms with E-state index >= 15 is 0 Å². The SMILES string of the molecule is C=C(N)NCCN=C(N)N. The molecule has 0 unspecified atom stereocenters. The van der Waals surface area contributed by atoms with Crippen LogP contribution in [-0.2, 0) is 0 Å². The number of nitrogens with zero attached hydrogens (tertiary/aromatic N) is 1. The zero-order chi connectivity index (χ0) is 7.98. The second-order valence-electron chi connectivity index (χ2n) is 1.76. The summed E-state index contributed by atoms with van der Waals surface area (Å²) in [6.45, 7) is 4.54. The molecule has 0 saturated carbocycles. The summed E-state index contributed by atoms with van der Waals surface area (Å²) in [5.74, 6) is 0.509. The summed E-state index contributed by atoms with van der Waals surface area (Å²) in [5.41, 5.74) is 15.3.